The van der Waals surface area contributed by atoms with E-state index in [1.165, 1.54) is 4.68 Å². The number of hydrogen-bond donors (Lipinski definition) is 2. The highest BCUT2D eigenvalue weighted by Gasteiger charge is 2.21. The van der Waals surface area contributed by atoms with Crippen molar-refractivity contribution < 1.29 is 9.59 Å². The third kappa shape index (κ3) is 4.45. The van der Waals surface area contributed by atoms with Crippen LogP contribution in [0.4, 0.5) is 0 Å². The summed E-state index contributed by atoms with van der Waals surface area (Å²) in [5.74, 6) is -1.09. The molecule has 9 heteroatoms. The zero-order valence-electron chi connectivity index (χ0n) is 19.3. The van der Waals surface area contributed by atoms with E-state index in [2.05, 4.69) is 21.0 Å². The topological polar surface area (TPSA) is 111 Å². The van der Waals surface area contributed by atoms with Crippen LogP contribution in [0.25, 0.3) is 10.8 Å². The second-order valence-electron chi connectivity index (χ2n) is 8.02. The van der Waals surface area contributed by atoms with E-state index in [0.29, 0.717) is 47.2 Å². The van der Waals surface area contributed by atoms with Crippen LogP contribution in [-0.2, 0) is 13.1 Å². The normalized spacial score (nSPS) is 10.9. The molecule has 0 radical (unpaired) electrons. The Hall–Kier alpha value is -4.27. The molecule has 0 aliphatic carbocycles. The zero-order valence-corrected chi connectivity index (χ0v) is 19.3. The fourth-order valence-electron chi connectivity index (χ4n) is 3.94. The van der Waals surface area contributed by atoms with E-state index in [1.54, 1.807) is 35.9 Å². The molecule has 0 atom stereocenters. The predicted molar refractivity (Wildman–Crippen MR) is 128 cm³/mol. The Morgan fingerprint density at radius 3 is 2.21 bits per heavy atom. The van der Waals surface area contributed by atoms with Gasteiger partial charge in [0.2, 0.25) is 0 Å². The molecule has 9 nitrogen and oxygen atoms in total. The van der Waals surface area contributed by atoms with Crippen molar-refractivity contribution in [3.8, 4) is 0 Å². The van der Waals surface area contributed by atoms with Crippen LogP contribution in [0.3, 0.4) is 0 Å². The van der Waals surface area contributed by atoms with Gasteiger partial charge in [-0.15, -0.1) is 0 Å². The lowest BCUT2D eigenvalue weighted by atomic mass is 10.1. The Balaban J connectivity index is 1.55. The van der Waals surface area contributed by atoms with Crippen LogP contribution < -0.4 is 16.4 Å². The van der Waals surface area contributed by atoms with Gasteiger partial charge in [-0.05, 0) is 31.9 Å². The standard InChI is InChI=1S/C25H26N6O3/c1-4-14-30-25(34)20-13-9-8-12-19(20)22(29-30)24(33)27-26-23(32)21-16(2)28-31(17(21)3)15-18-10-6-5-7-11-18/h5-13H,4,14-15H2,1-3H3,(H,26,32)(H,27,33). The SMILES string of the molecule is CCCn1nc(C(=O)NNC(=O)c2c(C)nn(Cc3ccccc3)c2C)c2ccccc2c1=O. The van der Waals surface area contributed by atoms with Crippen LogP contribution in [-0.4, -0.2) is 31.4 Å². The van der Waals surface area contributed by atoms with E-state index >= 15 is 0 Å². The Morgan fingerprint density at radius 2 is 1.50 bits per heavy atom. The van der Waals surface area contributed by atoms with E-state index in [9.17, 15) is 14.4 Å². The Bertz CT molecular complexity index is 1420. The first-order chi connectivity index (χ1) is 16.4. The molecule has 2 aromatic heterocycles. The molecular weight excluding hydrogens is 432 g/mol. The van der Waals surface area contributed by atoms with Gasteiger partial charge in [0, 0.05) is 17.6 Å². The number of benzene rings is 2. The third-order valence-corrected chi connectivity index (χ3v) is 5.59. The van der Waals surface area contributed by atoms with Crippen molar-refractivity contribution in [2.24, 2.45) is 0 Å². The number of aryl methyl sites for hydroxylation is 2. The molecule has 2 heterocycles. The molecule has 2 aromatic carbocycles. The van der Waals surface area contributed by atoms with Gasteiger partial charge in [0.05, 0.1) is 23.2 Å². The summed E-state index contributed by atoms with van der Waals surface area (Å²) >= 11 is 0. The van der Waals surface area contributed by atoms with Gasteiger partial charge < -0.3 is 0 Å². The van der Waals surface area contributed by atoms with E-state index in [1.807, 2.05) is 44.2 Å². The Labute approximate surface area is 196 Å². The van der Waals surface area contributed by atoms with Gasteiger partial charge in [-0.2, -0.15) is 10.2 Å². The molecule has 0 aliphatic heterocycles. The smallest absolute Gasteiger partial charge is 0.267 e. The molecule has 0 saturated carbocycles. The summed E-state index contributed by atoms with van der Waals surface area (Å²) in [4.78, 5) is 38.5. The van der Waals surface area contributed by atoms with Crippen molar-refractivity contribution in [3.05, 3.63) is 93.2 Å². The molecule has 0 fully saturated rings. The summed E-state index contributed by atoms with van der Waals surface area (Å²) in [5.41, 5.74) is 7.42. The number of rotatable bonds is 6. The summed E-state index contributed by atoms with van der Waals surface area (Å²) in [6.45, 7) is 6.40. The highest BCUT2D eigenvalue weighted by molar-refractivity contribution is 6.06. The number of hydrogen-bond acceptors (Lipinski definition) is 5. The van der Waals surface area contributed by atoms with Gasteiger partial charge in [-0.1, -0.05) is 55.5 Å². The van der Waals surface area contributed by atoms with E-state index in [-0.39, 0.29) is 11.3 Å². The fraction of sp³-hybridized carbons (Fsp3) is 0.240. The Kier molecular flexibility index (Phi) is 6.53. The van der Waals surface area contributed by atoms with Crippen molar-refractivity contribution in [2.45, 2.75) is 40.3 Å². The number of nitrogens with zero attached hydrogens (tertiary/aromatic N) is 4. The van der Waals surface area contributed by atoms with E-state index in [0.717, 1.165) is 5.56 Å². The number of amides is 2. The number of carbonyl (C=O) groups excluding carboxylic acids is 2. The molecule has 2 N–H and O–H groups in total. The number of nitrogens with one attached hydrogen (secondary N) is 2. The summed E-state index contributed by atoms with van der Waals surface area (Å²) in [6.07, 6.45) is 0.689. The van der Waals surface area contributed by atoms with Crippen molar-refractivity contribution in [2.75, 3.05) is 0 Å². The van der Waals surface area contributed by atoms with Gasteiger partial charge in [0.1, 0.15) is 0 Å². The summed E-state index contributed by atoms with van der Waals surface area (Å²) in [5, 5.41) is 9.56. The number of hydrazine groups is 1. The maximum Gasteiger partial charge on any atom is 0.290 e. The number of fused-ring (bicyclic) bond motifs is 1. The molecule has 34 heavy (non-hydrogen) atoms. The predicted octanol–water partition coefficient (Wildman–Crippen LogP) is 2.74. The first kappa shape index (κ1) is 22.9. The highest BCUT2D eigenvalue weighted by atomic mass is 16.2. The first-order valence-electron chi connectivity index (χ1n) is 11.1. The zero-order chi connectivity index (χ0) is 24.2. The maximum atomic E-state index is 13.0. The second-order valence-corrected chi connectivity index (χ2v) is 8.02. The molecule has 4 rings (SSSR count). The second kappa shape index (κ2) is 9.70. The van der Waals surface area contributed by atoms with Gasteiger partial charge in [-0.25, -0.2) is 4.68 Å². The van der Waals surface area contributed by atoms with Crippen LogP contribution in [0.5, 0.6) is 0 Å². The van der Waals surface area contributed by atoms with Gasteiger partial charge in [-0.3, -0.25) is 29.9 Å². The minimum Gasteiger partial charge on any atom is -0.267 e. The molecular formula is C25H26N6O3. The quantitative estimate of drug-likeness (QED) is 0.432. The van der Waals surface area contributed by atoms with E-state index in [4.69, 9.17) is 0 Å². The van der Waals surface area contributed by atoms with Gasteiger partial charge >= 0.3 is 0 Å². The lowest BCUT2D eigenvalue weighted by molar-refractivity contribution is 0.0842. The number of aromatic nitrogens is 4. The molecule has 0 unspecified atom stereocenters. The molecule has 4 aromatic rings. The average Bonchev–Trinajstić information content (AvgIpc) is 3.12. The van der Waals surface area contributed by atoms with Crippen LogP contribution in [0.1, 0.15) is 51.1 Å². The lowest BCUT2D eigenvalue weighted by Crippen LogP contribution is -2.43. The molecule has 174 valence electrons. The average molecular weight is 459 g/mol. The molecule has 0 spiro atoms. The van der Waals surface area contributed by atoms with Crippen LogP contribution in [0.15, 0.2) is 59.4 Å². The molecule has 2 amide bonds. The first-order valence-corrected chi connectivity index (χ1v) is 11.1. The van der Waals surface area contributed by atoms with Crippen molar-refractivity contribution in [1.29, 1.82) is 0 Å². The minimum absolute atomic E-state index is 0.0668. The largest absolute Gasteiger partial charge is 0.290 e. The maximum absolute atomic E-state index is 13.0. The molecule has 0 bridgehead atoms. The number of carbonyl (C=O) groups is 2. The summed E-state index contributed by atoms with van der Waals surface area (Å²) < 4.78 is 3.04. The lowest BCUT2D eigenvalue weighted by Gasteiger charge is -2.11. The Morgan fingerprint density at radius 1 is 0.853 bits per heavy atom. The van der Waals surface area contributed by atoms with Gasteiger partial charge in [0.15, 0.2) is 5.69 Å². The summed E-state index contributed by atoms with van der Waals surface area (Å²) in [7, 11) is 0. The van der Waals surface area contributed by atoms with Crippen LogP contribution >= 0.6 is 0 Å². The fourth-order valence-corrected chi connectivity index (χ4v) is 3.94. The van der Waals surface area contributed by atoms with Crippen molar-refractivity contribution in [1.82, 2.24) is 30.4 Å². The summed E-state index contributed by atoms with van der Waals surface area (Å²) in [6, 6.07) is 16.6. The van der Waals surface area contributed by atoms with Crippen LogP contribution in [0, 0.1) is 13.8 Å². The van der Waals surface area contributed by atoms with E-state index < -0.39 is 11.8 Å². The monoisotopic (exact) mass is 458 g/mol. The van der Waals surface area contributed by atoms with Crippen molar-refractivity contribution >= 4 is 22.6 Å². The van der Waals surface area contributed by atoms with Crippen molar-refractivity contribution in [3.63, 3.8) is 0 Å². The molecule has 0 aliphatic rings. The third-order valence-electron chi connectivity index (χ3n) is 5.59. The van der Waals surface area contributed by atoms with Gasteiger partial charge in [0.25, 0.3) is 17.4 Å². The minimum atomic E-state index is -0.610. The van der Waals surface area contributed by atoms with Crippen LogP contribution in [0.2, 0.25) is 0 Å². The molecule has 0 saturated heterocycles. The highest BCUT2D eigenvalue weighted by Crippen LogP contribution is 2.16.